The Kier molecular flexibility index (Phi) is 2.97. The Morgan fingerprint density at radius 3 is 2.93 bits per heavy atom. The molecule has 78 valence electrons. The standard InChI is InChI=1S/C13H16N2/c1-10-13-9-11(3-2-7-14)4-5-12(13)6-8-15-10/h4-6,8-9H,2-3,7,14H2,1H3. The predicted molar refractivity (Wildman–Crippen MR) is 63.9 cm³/mol. The van der Waals surface area contributed by atoms with E-state index in [0.717, 1.165) is 25.1 Å². The van der Waals surface area contributed by atoms with E-state index in [4.69, 9.17) is 5.73 Å². The number of benzene rings is 1. The summed E-state index contributed by atoms with van der Waals surface area (Å²) in [6, 6.07) is 8.62. The molecule has 2 heteroatoms. The van der Waals surface area contributed by atoms with Gasteiger partial charge in [-0.3, -0.25) is 4.98 Å². The molecule has 0 aliphatic heterocycles. The highest BCUT2D eigenvalue weighted by Crippen LogP contribution is 2.18. The maximum absolute atomic E-state index is 5.51. The van der Waals surface area contributed by atoms with E-state index in [1.54, 1.807) is 0 Å². The maximum Gasteiger partial charge on any atom is 0.0451 e. The van der Waals surface area contributed by atoms with Gasteiger partial charge in [0.1, 0.15) is 0 Å². The molecule has 2 nitrogen and oxygen atoms in total. The summed E-state index contributed by atoms with van der Waals surface area (Å²) < 4.78 is 0. The third kappa shape index (κ3) is 2.16. The fourth-order valence-electron chi connectivity index (χ4n) is 1.82. The molecule has 0 fully saturated rings. The van der Waals surface area contributed by atoms with Gasteiger partial charge in [-0.2, -0.15) is 0 Å². The second-order valence-electron chi connectivity index (χ2n) is 3.84. The monoisotopic (exact) mass is 200 g/mol. The van der Waals surface area contributed by atoms with Crippen molar-refractivity contribution in [2.24, 2.45) is 5.73 Å². The van der Waals surface area contributed by atoms with Crippen LogP contribution in [-0.4, -0.2) is 11.5 Å². The van der Waals surface area contributed by atoms with Crippen molar-refractivity contribution < 1.29 is 0 Å². The normalized spacial score (nSPS) is 10.8. The van der Waals surface area contributed by atoms with Crippen molar-refractivity contribution in [3.05, 3.63) is 41.7 Å². The molecule has 1 heterocycles. The van der Waals surface area contributed by atoms with Crippen LogP contribution in [0.4, 0.5) is 0 Å². The van der Waals surface area contributed by atoms with Gasteiger partial charge < -0.3 is 5.73 Å². The number of hydrogen-bond acceptors (Lipinski definition) is 2. The molecule has 0 saturated heterocycles. The first-order valence-corrected chi connectivity index (χ1v) is 5.35. The number of pyridine rings is 1. The van der Waals surface area contributed by atoms with Crippen LogP contribution in [0.25, 0.3) is 10.8 Å². The van der Waals surface area contributed by atoms with Crippen molar-refractivity contribution >= 4 is 10.8 Å². The number of fused-ring (bicyclic) bond motifs is 1. The lowest BCUT2D eigenvalue weighted by atomic mass is 10.0. The van der Waals surface area contributed by atoms with Crippen LogP contribution in [0, 0.1) is 6.92 Å². The zero-order valence-electron chi connectivity index (χ0n) is 9.03. The van der Waals surface area contributed by atoms with Crippen molar-refractivity contribution in [3.8, 4) is 0 Å². The lowest BCUT2D eigenvalue weighted by Crippen LogP contribution is -2.00. The van der Waals surface area contributed by atoms with E-state index in [0.29, 0.717) is 0 Å². The van der Waals surface area contributed by atoms with Crippen molar-refractivity contribution in [3.63, 3.8) is 0 Å². The summed E-state index contributed by atoms with van der Waals surface area (Å²) in [4.78, 5) is 4.30. The van der Waals surface area contributed by atoms with Crippen LogP contribution < -0.4 is 5.73 Å². The molecule has 0 saturated carbocycles. The van der Waals surface area contributed by atoms with Crippen LogP contribution in [0.5, 0.6) is 0 Å². The summed E-state index contributed by atoms with van der Waals surface area (Å²) in [6.45, 7) is 2.80. The first-order valence-electron chi connectivity index (χ1n) is 5.35. The fraction of sp³-hybridized carbons (Fsp3) is 0.308. The second-order valence-corrected chi connectivity index (χ2v) is 3.84. The number of hydrogen-bond donors (Lipinski definition) is 1. The largest absolute Gasteiger partial charge is 0.330 e. The zero-order chi connectivity index (χ0) is 10.7. The highest BCUT2D eigenvalue weighted by atomic mass is 14.7. The van der Waals surface area contributed by atoms with Crippen LogP contribution in [-0.2, 0) is 6.42 Å². The van der Waals surface area contributed by atoms with Crippen LogP contribution in [0.15, 0.2) is 30.5 Å². The molecular weight excluding hydrogens is 184 g/mol. The quantitative estimate of drug-likeness (QED) is 0.826. The van der Waals surface area contributed by atoms with Gasteiger partial charge in [0.25, 0.3) is 0 Å². The lowest BCUT2D eigenvalue weighted by molar-refractivity contribution is 0.833. The van der Waals surface area contributed by atoms with E-state index >= 15 is 0 Å². The van der Waals surface area contributed by atoms with Gasteiger partial charge in [-0.1, -0.05) is 12.1 Å². The second kappa shape index (κ2) is 4.41. The Bertz CT molecular complexity index is 463. The lowest BCUT2D eigenvalue weighted by Gasteiger charge is -2.04. The average molecular weight is 200 g/mol. The minimum atomic E-state index is 0.754. The molecule has 0 amide bonds. The van der Waals surface area contributed by atoms with Gasteiger partial charge in [0.2, 0.25) is 0 Å². The number of aryl methyl sites for hydroxylation is 2. The summed E-state index contributed by atoms with van der Waals surface area (Å²) in [7, 11) is 0. The Balaban J connectivity index is 2.41. The molecule has 2 aromatic rings. The van der Waals surface area contributed by atoms with Crippen LogP contribution in [0.1, 0.15) is 17.7 Å². The summed E-state index contributed by atoms with van der Waals surface area (Å²) in [5.41, 5.74) is 7.96. The molecule has 1 aromatic carbocycles. The van der Waals surface area contributed by atoms with E-state index < -0.39 is 0 Å². The highest BCUT2D eigenvalue weighted by molar-refractivity contribution is 5.84. The van der Waals surface area contributed by atoms with Gasteiger partial charge in [-0.15, -0.1) is 0 Å². The SMILES string of the molecule is Cc1nccc2ccc(CCCN)cc12. The average Bonchev–Trinajstić information content (AvgIpc) is 2.27. The third-order valence-corrected chi connectivity index (χ3v) is 2.70. The molecule has 2 N–H and O–H groups in total. The fourth-order valence-corrected chi connectivity index (χ4v) is 1.82. The number of nitrogens with two attached hydrogens (primary N) is 1. The molecule has 0 aliphatic carbocycles. The van der Waals surface area contributed by atoms with Gasteiger partial charge in [-0.25, -0.2) is 0 Å². The van der Waals surface area contributed by atoms with Crippen molar-refractivity contribution in [1.29, 1.82) is 0 Å². The number of aromatic nitrogens is 1. The summed E-state index contributed by atoms with van der Waals surface area (Å²) in [5, 5.41) is 2.52. The zero-order valence-corrected chi connectivity index (χ0v) is 9.03. The molecule has 15 heavy (non-hydrogen) atoms. The molecule has 0 atom stereocenters. The predicted octanol–water partition coefficient (Wildman–Crippen LogP) is 2.43. The van der Waals surface area contributed by atoms with E-state index in [1.807, 2.05) is 6.20 Å². The summed E-state index contributed by atoms with van der Waals surface area (Å²) in [6.07, 6.45) is 3.96. The highest BCUT2D eigenvalue weighted by Gasteiger charge is 1.99. The maximum atomic E-state index is 5.51. The Morgan fingerprint density at radius 1 is 1.27 bits per heavy atom. The van der Waals surface area contributed by atoms with Crippen molar-refractivity contribution in [1.82, 2.24) is 4.98 Å². The molecule has 2 rings (SSSR count). The summed E-state index contributed by atoms with van der Waals surface area (Å²) >= 11 is 0. The minimum Gasteiger partial charge on any atom is -0.330 e. The van der Waals surface area contributed by atoms with E-state index in [-0.39, 0.29) is 0 Å². The Hall–Kier alpha value is -1.41. The van der Waals surface area contributed by atoms with Gasteiger partial charge in [0.05, 0.1) is 0 Å². The molecule has 0 radical (unpaired) electrons. The van der Waals surface area contributed by atoms with Crippen LogP contribution in [0.3, 0.4) is 0 Å². The smallest absolute Gasteiger partial charge is 0.0451 e. The minimum absolute atomic E-state index is 0.754. The Morgan fingerprint density at radius 2 is 2.13 bits per heavy atom. The molecule has 0 aliphatic rings. The third-order valence-electron chi connectivity index (χ3n) is 2.70. The van der Waals surface area contributed by atoms with E-state index in [2.05, 4.69) is 36.2 Å². The first-order chi connectivity index (χ1) is 7.31. The molecule has 0 bridgehead atoms. The molecule has 1 aromatic heterocycles. The summed E-state index contributed by atoms with van der Waals surface area (Å²) in [5.74, 6) is 0. The van der Waals surface area contributed by atoms with Gasteiger partial charge in [0.15, 0.2) is 0 Å². The van der Waals surface area contributed by atoms with Gasteiger partial charge in [-0.05, 0) is 49.4 Å². The van der Waals surface area contributed by atoms with Crippen molar-refractivity contribution in [2.45, 2.75) is 19.8 Å². The van der Waals surface area contributed by atoms with Crippen molar-refractivity contribution in [2.75, 3.05) is 6.54 Å². The number of nitrogens with zero attached hydrogens (tertiary/aromatic N) is 1. The van der Waals surface area contributed by atoms with Crippen LogP contribution >= 0.6 is 0 Å². The first kappa shape index (κ1) is 10.1. The molecular formula is C13H16N2. The van der Waals surface area contributed by atoms with E-state index in [1.165, 1.54) is 16.3 Å². The van der Waals surface area contributed by atoms with Gasteiger partial charge >= 0.3 is 0 Å². The Labute approximate surface area is 90.1 Å². The van der Waals surface area contributed by atoms with Crippen LogP contribution in [0.2, 0.25) is 0 Å². The number of rotatable bonds is 3. The van der Waals surface area contributed by atoms with E-state index in [9.17, 15) is 0 Å². The molecule has 0 spiro atoms. The molecule has 0 unspecified atom stereocenters. The topological polar surface area (TPSA) is 38.9 Å². The van der Waals surface area contributed by atoms with Gasteiger partial charge in [0, 0.05) is 17.3 Å².